The first-order chi connectivity index (χ1) is 17.5. The van der Waals surface area contributed by atoms with Crippen molar-refractivity contribution in [2.45, 2.75) is 56.7 Å². The third kappa shape index (κ3) is 5.51. The van der Waals surface area contributed by atoms with Crippen LogP contribution in [-0.2, 0) is 0 Å². The van der Waals surface area contributed by atoms with Gasteiger partial charge < -0.3 is 25.7 Å². The van der Waals surface area contributed by atoms with Crippen molar-refractivity contribution in [3.63, 3.8) is 0 Å². The SMILES string of the molecule is NC(=O)c1cccc(-c2cnc(NC3CCCCC3NC3CCCN(c4ccc(F)c(F)c4)C3)o2)c1. The van der Waals surface area contributed by atoms with E-state index in [2.05, 4.69) is 20.5 Å². The summed E-state index contributed by atoms with van der Waals surface area (Å²) in [7, 11) is 0. The Bertz CT molecular complexity index is 1220. The van der Waals surface area contributed by atoms with E-state index >= 15 is 0 Å². The molecule has 2 aliphatic rings. The summed E-state index contributed by atoms with van der Waals surface area (Å²) in [5.74, 6) is -1.56. The number of halogens is 2. The number of oxazole rings is 1. The van der Waals surface area contributed by atoms with Crippen LogP contribution in [0.1, 0.15) is 48.9 Å². The van der Waals surface area contributed by atoms with Crippen LogP contribution in [0.15, 0.2) is 53.1 Å². The minimum Gasteiger partial charge on any atom is -0.424 e. The topological polar surface area (TPSA) is 96.4 Å². The van der Waals surface area contributed by atoms with Gasteiger partial charge in [-0.2, -0.15) is 0 Å². The molecule has 2 aromatic carbocycles. The Hall–Kier alpha value is -3.46. The van der Waals surface area contributed by atoms with E-state index in [1.165, 1.54) is 12.1 Å². The maximum atomic E-state index is 13.8. The number of carbonyl (C=O) groups is 1. The number of nitrogens with one attached hydrogen (secondary N) is 2. The summed E-state index contributed by atoms with van der Waals surface area (Å²) in [6, 6.07) is 12.2. The number of hydrogen-bond acceptors (Lipinski definition) is 6. The average molecular weight is 496 g/mol. The summed E-state index contributed by atoms with van der Waals surface area (Å²) in [5.41, 5.74) is 7.27. The van der Waals surface area contributed by atoms with Gasteiger partial charge in [0.25, 0.3) is 6.01 Å². The number of hydrogen-bond donors (Lipinski definition) is 3. The predicted molar refractivity (Wildman–Crippen MR) is 135 cm³/mol. The van der Waals surface area contributed by atoms with E-state index in [4.69, 9.17) is 10.2 Å². The van der Waals surface area contributed by atoms with Crippen LogP contribution < -0.4 is 21.3 Å². The molecule has 3 atom stereocenters. The van der Waals surface area contributed by atoms with E-state index < -0.39 is 17.5 Å². The lowest BCUT2D eigenvalue weighted by molar-refractivity contribution is 0.100. The molecule has 1 aliphatic carbocycles. The van der Waals surface area contributed by atoms with E-state index in [1.54, 1.807) is 30.5 Å². The maximum absolute atomic E-state index is 13.8. The molecule has 1 saturated carbocycles. The molecule has 4 N–H and O–H groups in total. The number of anilines is 2. The van der Waals surface area contributed by atoms with Crippen molar-refractivity contribution >= 4 is 17.6 Å². The van der Waals surface area contributed by atoms with E-state index in [9.17, 15) is 13.6 Å². The molecule has 1 saturated heterocycles. The summed E-state index contributed by atoms with van der Waals surface area (Å²) in [6.45, 7) is 1.57. The largest absolute Gasteiger partial charge is 0.424 e. The fourth-order valence-corrected chi connectivity index (χ4v) is 5.29. The van der Waals surface area contributed by atoms with Crippen LogP contribution in [0.4, 0.5) is 20.5 Å². The second-order valence-corrected chi connectivity index (χ2v) is 9.67. The van der Waals surface area contributed by atoms with Gasteiger partial charge >= 0.3 is 0 Å². The Morgan fingerprint density at radius 1 is 1.03 bits per heavy atom. The summed E-state index contributed by atoms with van der Waals surface area (Å²) in [5, 5.41) is 7.29. The van der Waals surface area contributed by atoms with E-state index in [0.29, 0.717) is 23.0 Å². The molecule has 0 spiro atoms. The van der Waals surface area contributed by atoms with Crippen molar-refractivity contribution in [3.05, 3.63) is 65.9 Å². The standard InChI is InChI=1S/C27H31F2N5O2/c28-21-11-10-20(14-22(21)29)34-12-4-7-19(16-34)32-23-8-1-2-9-24(23)33-27-31-15-25(36-27)17-5-3-6-18(13-17)26(30)35/h3,5-6,10-11,13-15,19,23-24,32H,1-2,4,7-9,12,16H2,(H2,30,35)(H,31,33). The van der Waals surface area contributed by atoms with Crippen molar-refractivity contribution in [2.75, 3.05) is 23.3 Å². The second-order valence-electron chi connectivity index (χ2n) is 9.67. The molecule has 3 unspecified atom stereocenters. The normalized spacial score (nSPS) is 22.4. The van der Waals surface area contributed by atoms with Gasteiger partial charge in [-0.1, -0.05) is 25.0 Å². The van der Waals surface area contributed by atoms with Gasteiger partial charge in [0.05, 0.1) is 6.20 Å². The Kier molecular flexibility index (Phi) is 7.18. The van der Waals surface area contributed by atoms with Crippen LogP contribution in [0, 0.1) is 11.6 Å². The molecule has 190 valence electrons. The first kappa shape index (κ1) is 24.2. The van der Waals surface area contributed by atoms with Crippen molar-refractivity contribution in [2.24, 2.45) is 5.73 Å². The monoisotopic (exact) mass is 495 g/mol. The highest BCUT2D eigenvalue weighted by Gasteiger charge is 2.30. The molecule has 1 aromatic heterocycles. The molecule has 9 heteroatoms. The molecule has 7 nitrogen and oxygen atoms in total. The zero-order chi connectivity index (χ0) is 25.1. The third-order valence-electron chi connectivity index (χ3n) is 7.15. The molecule has 0 radical (unpaired) electrons. The van der Waals surface area contributed by atoms with Crippen molar-refractivity contribution in [1.29, 1.82) is 0 Å². The van der Waals surface area contributed by atoms with Crippen molar-refractivity contribution in [1.82, 2.24) is 10.3 Å². The van der Waals surface area contributed by atoms with Crippen molar-refractivity contribution in [3.8, 4) is 11.3 Å². The van der Waals surface area contributed by atoms with Crippen LogP contribution in [0.5, 0.6) is 0 Å². The summed E-state index contributed by atoms with van der Waals surface area (Å²) in [4.78, 5) is 18.0. The second kappa shape index (κ2) is 10.7. The molecule has 0 bridgehead atoms. The summed E-state index contributed by atoms with van der Waals surface area (Å²) < 4.78 is 33.1. The zero-order valence-corrected chi connectivity index (χ0v) is 20.1. The number of carbonyl (C=O) groups excluding carboxylic acids is 1. The van der Waals surface area contributed by atoms with Crippen LogP contribution in [-0.4, -0.2) is 42.1 Å². The Morgan fingerprint density at radius 2 is 1.86 bits per heavy atom. The van der Waals surface area contributed by atoms with Crippen LogP contribution >= 0.6 is 0 Å². The smallest absolute Gasteiger partial charge is 0.295 e. The Labute approximate surface area is 209 Å². The molecular formula is C27H31F2N5O2. The van der Waals surface area contributed by atoms with Gasteiger partial charge in [0.1, 0.15) is 0 Å². The summed E-state index contributed by atoms with van der Waals surface area (Å²) >= 11 is 0. The molecule has 2 heterocycles. The van der Waals surface area contributed by atoms with Gasteiger partial charge in [-0.25, -0.2) is 13.8 Å². The number of primary amides is 1. The lowest BCUT2D eigenvalue weighted by Crippen LogP contribution is -2.54. The third-order valence-corrected chi connectivity index (χ3v) is 7.15. The quantitative estimate of drug-likeness (QED) is 0.440. The van der Waals surface area contributed by atoms with E-state index in [-0.39, 0.29) is 18.1 Å². The van der Waals surface area contributed by atoms with Gasteiger partial charge in [-0.3, -0.25) is 4.79 Å². The van der Waals surface area contributed by atoms with Gasteiger partial charge in [0.15, 0.2) is 17.4 Å². The first-order valence-electron chi connectivity index (χ1n) is 12.5. The summed E-state index contributed by atoms with van der Waals surface area (Å²) in [6.07, 6.45) is 7.95. The number of benzene rings is 2. The highest BCUT2D eigenvalue weighted by atomic mass is 19.2. The lowest BCUT2D eigenvalue weighted by Gasteiger charge is -2.40. The molecule has 1 amide bonds. The van der Waals surface area contributed by atoms with Gasteiger partial charge in [-0.05, 0) is 49.9 Å². The van der Waals surface area contributed by atoms with Gasteiger partial charge in [0.2, 0.25) is 5.91 Å². The minimum atomic E-state index is -0.822. The molecular weight excluding hydrogens is 464 g/mol. The molecule has 36 heavy (non-hydrogen) atoms. The van der Waals surface area contributed by atoms with E-state index in [1.807, 2.05) is 6.07 Å². The maximum Gasteiger partial charge on any atom is 0.295 e. The highest BCUT2D eigenvalue weighted by Crippen LogP contribution is 2.28. The molecule has 5 rings (SSSR count). The van der Waals surface area contributed by atoms with Crippen LogP contribution in [0.2, 0.25) is 0 Å². The van der Waals surface area contributed by atoms with E-state index in [0.717, 1.165) is 57.2 Å². The zero-order valence-electron chi connectivity index (χ0n) is 20.1. The van der Waals surface area contributed by atoms with Gasteiger partial charge in [0, 0.05) is 54.1 Å². The van der Waals surface area contributed by atoms with Gasteiger partial charge in [-0.15, -0.1) is 0 Å². The lowest BCUT2D eigenvalue weighted by atomic mass is 9.89. The van der Waals surface area contributed by atoms with Crippen LogP contribution in [0.25, 0.3) is 11.3 Å². The molecule has 3 aromatic rings. The molecule has 1 aliphatic heterocycles. The Morgan fingerprint density at radius 3 is 2.67 bits per heavy atom. The number of piperidine rings is 1. The number of amides is 1. The fourth-order valence-electron chi connectivity index (χ4n) is 5.29. The molecule has 2 fully saturated rings. The van der Waals surface area contributed by atoms with Crippen LogP contribution in [0.3, 0.4) is 0 Å². The number of rotatable bonds is 7. The number of nitrogens with zero attached hydrogens (tertiary/aromatic N) is 2. The fraction of sp³-hybridized carbons (Fsp3) is 0.407. The number of aromatic nitrogens is 1. The van der Waals surface area contributed by atoms with Crippen molar-refractivity contribution < 1.29 is 18.0 Å². The first-order valence-corrected chi connectivity index (χ1v) is 12.5. The highest BCUT2D eigenvalue weighted by molar-refractivity contribution is 5.93. The number of nitrogens with two attached hydrogens (primary N) is 1. The predicted octanol–water partition coefficient (Wildman–Crippen LogP) is 4.70. The minimum absolute atomic E-state index is 0.154. The Balaban J connectivity index is 1.23. The average Bonchev–Trinajstić information content (AvgIpc) is 3.36.